The third-order valence-electron chi connectivity index (χ3n) is 5.59. The Morgan fingerprint density at radius 1 is 0.857 bits per heavy atom. The molecular formula is C27H29NO4S3. The van der Waals surface area contributed by atoms with E-state index in [0.29, 0.717) is 19.6 Å². The Hall–Kier alpha value is -2.23. The Bertz CT molecular complexity index is 1230. The van der Waals surface area contributed by atoms with E-state index in [4.69, 9.17) is 9.29 Å². The monoisotopic (exact) mass is 527 g/mol. The summed E-state index contributed by atoms with van der Waals surface area (Å²) in [4.78, 5) is 2.33. The maximum atomic E-state index is 10.8. The van der Waals surface area contributed by atoms with E-state index >= 15 is 0 Å². The van der Waals surface area contributed by atoms with E-state index in [-0.39, 0.29) is 5.75 Å². The second-order valence-corrected chi connectivity index (χ2v) is 11.8. The summed E-state index contributed by atoms with van der Waals surface area (Å²) in [5.74, 6) is 0.633. The predicted molar refractivity (Wildman–Crippen MR) is 150 cm³/mol. The van der Waals surface area contributed by atoms with Crippen LogP contribution in [0.5, 0.6) is 0 Å². The van der Waals surface area contributed by atoms with Crippen LogP contribution in [0.4, 0.5) is 17.1 Å². The van der Waals surface area contributed by atoms with Gasteiger partial charge in [0.1, 0.15) is 0 Å². The summed E-state index contributed by atoms with van der Waals surface area (Å²) < 4.78 is 37.2. The molecule has 1 heterocycles. The number of hydrogen-bond acceptors (Lipinski definition) is 6. The third kappa shape index (κ3) is 6.51. The van der Waals surface area contributed by atoms with Crippen LogP contribution in [0.1, 0.15) is 24.0 Å². The van der Waals surface area contributed by atoms with Crippen molar-refractivity contribution in [2.45, 2.75) is 12.8 Å². The molecule has 0 saturated carbocycles. The standard InChI is InChI=1S/C27H29NO4S3/c1-33-27(34-19-9-17-32-18-10-20-35(29,30)31)26-22-13-5-7-15-24(22)28(21-11-3-2-4-12-21)25-16-8-6-14-23(25)26/h2-8,11-16H,9-10,17-20H2,1H3,(H,29,30,31). The van der Waals surface area contributed by atoms with E-state index in [1.165, 1.54) is 32.3 Å². The summed E-state index contributed by atoms with van der Waals surface area (Å²) in [6.07, 6.45) is 3.28. The molecule has 0 fully saturated rings. The number of hydrogen-bond donors (Lipinski definition) is 1. The van der Waals surface area contributed by atoms with Gasteiger partial charge in [0.2, 0.25) is 0 Å². The zero-order chi connectivity index (χ0) is 24.7. The lowest BCUT2D eigenvalue weighted by Gasteiger charge is -2.35. The number of rotatable bonds is 11. The molecule has 1 aliphatic rings. The van der Waals surface area contributed by atoms with Crippen molar-refractivity contribution < 1.29 is 17.7 Å². The van der Waals surface area contributed by atoms with Crippen molar-refractivity contribution in [2.75, 3.05) is 35.9 Å². The molecule has 3 aromatic rings. The van der Waals surface area contributed by atoms with Crippen LogP contribution < -0.4 is 4.90 Å². The smallest absolute Gasteiger partial charge is 0.264 e. The normalized spacial score (nSPS) is 12.9. The van der Waals surface area contributed by atoms with E-state index in [1.807, 2.05) is 17.8 Å². The Balaban J connectivity index is 1.55. The number of para-hydroxylation sites is 3. The Labute approximate surface area is 216 Å². The van der Waals surface area contributed by atoms with Gasteiger partial charge in [-0.15, -0.1) is 23.5 Å². The van der Waals surface area contributed by atoms with Gasteiger partial charge < -0.3 is 9.64 Å². The lowest BCUT2D eigenvalue weighted by molar-refractivity contribution is 0.136. The summed E-state index contributed by atoms with van der Waals surface area (Å²) in [5, 5.41) is 0. The molecule has 3 aromatic carbocycles. The molecule has 4 rings (SSSR count). The molecule has 0 atom stereocenters. The van der Waals surface area contributed by atoms with E-state index in [2.05, 4.69) is 84.0 Å². The third-order valence-corrected chi connectivity index (χ3v) is 8.78. The first-order valence-electron chi connectivity index (χ1n) is 11.5. The number of thioether (sulfide) groups is 2. The predicted octanol–water partition coefficient (Wildman–Crippen LogP) is 6.97. The van der Waals surface area contributed by atoms with Gasteiger partial charge in [0.05, 0.1) is 17.1 Å². The molecule has 1 aliphatic heterocycles. The summed E-state index contributed by atoms with van der Waals surface area (Å²) in [6.45, 7) is 0.890. The van der Waals surface area contributed by atoms with Gasteiger partial charge >= 0.3 is 0 Å². The zero-order valence-electron chi connectivity index (χ0n) is 19.6. The molecular weight excluding hydrogens is 499 g/mol. The van der Waals surface area contributed by atoms with E-state index in [1.54, 1.807) is 11.8 Å². The van der Waals surface area contributed by atoms with E-state index < -0.39 is 10.1 Å². The Morgan fingerprint density at radius 3 is 2.03 bits per heavy atom. The minimum atomic E-state index is -3.92. The molecule has 35 heavy (non-hydrogen) atoms. The van der Waals surface area contributed by atoms with Gasteiger partial charge in [0.25, 0.3) is 10.1 Å². The summed E-state index contributed by atoms with van der Waals surface area (Å²) in [6, 6.07) is 27.6. The highest BCUT2D eigenvalue weighted by Crippen LogP contribution is 2.52. The van der Waals surface area contributed by atoms with Crippen LogP contribution in [-0.4, -0.2) is 43.9 Å². The fourth-order valence-electron chi connectivity index (χ4n) is 4.11. The maximum absolute atomic E-state index is 10.8. The number of ether oxygens (including phenoxy) is 1. The van der Waals surface area contributed by atoms with Crippen LogP contribution in [0.15, 0.2) is 83.1 Å². The van der Waals surface area contributed by atoms with Crippen LogP contribution in [0.3, 0.4) is 0 Å². The van der Waals surface area contributed by atoms with Crippen molar-refractivity contribution in [3.63, 3.8) is 0 Å². The molecule has 184 valence electrons. The molecule has 0 amide bonds. The lowest BCUT2D eigenvalue weighted by Crippen LogP contribution is -2.18. The highest BCUT2D eigenvalue weighted by Gasteiger charge is 2.29. The first-order chi connectivity index (χ1) is 17.0. The second-order valence-electron chi connectivity index (χ2n) is 8.03. The SMILES string of the molecule is CSC(SCCCOCCCS(=O)(=O)O)=C1c2ccccc2N(c2ccccc2)c2ccccc21. The molecule has 1 N–H and O–H groups in total. The minimum absolute atomic E-state index is 0.261. The van der Waals surface area contributed by atoms with Gasteiger partial charge in [-0.3, -0.25) is 4.55 Å². The average molecular weight is 528 g/mol. The quantitative estimate of drug-likeness (QED) is 0.167. The van der Waals surface area contributed by atoms with Crippen LogP contribution in [-0.2, 0) is 14.9 Å². The molecule has 0 spiro atoms. The molecule has 0 aliphatic carbocycles. The van der Waals surface area contributed by atoms with Gasteiger partial charge in [-0.05, 0) is 43.4 Å². The maximum Gasteiger partial charge on any atom is 0.264 e. The molecule has 0 unspecified atom stereocenters. The molecule has 0 aromatic heterocycles. The van der Waals surface area contributed by atoms with Gasteiger partial charge in [-0.2, -0.15) is 8.42 Å². The van der Waals surface area contributed by atoms with Crippen LogP contribution in [0.25, 0.3) is 5.57 Å². The molecule has 0 radical (unpaired) electrons. The fraction of sp³-hybridized carbons (Fsp3) is 0.259. The highest BCUT2D eigenvalue weighted by molar-refractivity contribution is 8.22. The highest BCUT2D eigenvalue weighted by atomic mass is 32.2. The molecule has 0 saturated heterocycles. The van der Waals surface area contributed by atoms with Crippen LogP contribution in [0.2, 0.25) is 0 Å². The van der Waals surface area contributed by atoms with Crippen LogP contribution >= 0.6 is 23.5 Å². The largest absolute Gasteiger partial charge is 0.381 e. The summed E-state index contributed by atoms with van der Waals surface area (Å²) >= 11 is 3.59. The molecule has 8 heteroatoms. The van der Waals surface area contributed by atoms with Gasteiger partial charge in [-0.1, -0.05) is 54.6 Å². The first-order valence-corrected chi connectivity index (χ1v) is 15.3. The van der Waals surface area contributed by atoms with Crippen molar-refractivity contribution in [3.05, 3.63) is 94.2 Å². The molecule has 0 bridgehead atoms. The number of fused-ring (bicyclic) bond motifs is 2. The van der Waals surface area contributed by atoms with Crippen molar-refractivity contribution >= 4 is 56.3 Å². The van der Waals surface area contributed by atoms with Gasteiger partial charge in [0.15, 0.2) is 0 Å². The fourth-order valence-corrected chi connectivity index (χ4v) is 6.55. The molecule has 5 nitrogen and oxygen atoms in total. The second kappa shape index (κ2) is 12.1. The summed E-state index contributed by atoms with van der Waals surface area (Å²) in [5.41, 5.74) is 7.16. The number of benzene rings is 3. The van der Waals surface area contributed by atoms with Crippen molar-refractivity contribution in [1.82, 2.24) is 0 Å². The van der Waals surface area contributed by atoms with Crippen molar-refractivity contribution in [3.8, 4) is 0 Å². The van der Waals surface area contributed by atoms with Crippen molar-refractivity contribution in [1.29, 1.82) is 0 Å². The van der Waals surface area contributed by atoms with Gasteiger partial charge in [0, 0.05) is 45.6 Å². The average Bonchev–Trinajstić information content (AvgIpc) is 2.86. The summed E-state index contributed by atoms with van der Waals surface area (Å²) in [7, 11) is -3.92. The van der Waals surface area contributed by atoms with Gasteiger partial charge in [-0.25, -0.2) is 0 Å². The minimum Gasteiger partial charge on any atom is -0.381 e. The number of anilines is 3. The van der Waals surface area contributed by atoms with Crippen molar-refractivity contribution in [2.24, 2.45) is 0 Å². The lowest BCUT2D eigenvalue weighted by atomic mass is 9.91. The zero-order valence-corrected chi connectivity index (χ0v) is 22.0. The topological polar surface area (TPSA) is 66.8 Å². The Morgan fingerprint density at radius 2 is 1.43 bits per heavy atom. The Kier molecular flexibility index (Phi) is 8.97. The van der Waals surface area contributed by atoms with E-state index in [9.17, 15) is 8.42 Å². The number of nitrogens with zero attached hydrogens (tertiary/aromatic N) is 1. The van der Waals surface area contributed by atoms with Crippen LogP contribution in [0, 0.1) is 0 Å². The first kappa shape index (κ1) is 25.9. The van der Waals surface area contributed by atoms with E-state index in [0.717, 1.165) is 17.9 Å².